The van der Waals surface area contributed by atoms with Crippen LogP contribution < -0.4 is 10.2 Å². The van der Waals surface area contributed by atoms with Crippen molar-refractivity contribution in [3.63, 3.8) is 0 Å². The minimum Gasteiger partial charge on any atom is -0.352 e. The Morgan fingerprint density at radius 1 is 1.33 bits per heavy atom. The van der Waals surface area contributed by atoms with Crippen LogP contribution >= 0.6 is 0 Å². The van der Waals surface area contributed by atoms with Gasteiger partial charge in [-0.1, -0.05) is 0 Å². The van der Waals surface area contributed by atoms with E-state index in [1.165, 1.54) is 11.6 Å². The topological polar surface area (TPSA) is 113 Å². The molecule has 1 fully saturated rings. The fraction of sp³-hybridized carbons (Fsp3) is 0.368. The zero-order valence-corrected chi connectivity index (χ0v) is 16.5. The molecule has 0 radical (unpaired) electrons. The summed E-state index contributed by atoms with van der Waals surface area (Å²) >= 11 is 0. The number of pyridine rings is 1. The number of alkyl halides is 2. The minimum absolute atomic E-state index is 0.0940. The lowest BCUT2D eigenvalue weighted by atomic mass is 10.0. The maximum absolute atomic E-state index is 13.9. The summed E-state index contributed by atoms with van der Waals surface area (Å²) in [7, 11) is 0. The number of halogens is 2. The molecular weight excluding hydrogens is 394 g/mol. The lowest BCUT2D eigenvalue weighted by Crippen LogP contribution is -2.46. The number of nitrogens with one attached hydrogen (secondary N) is 1. The molecule has 11 heteroatoms. The van der Waals surface area contributed by atoms with E-state index in [1.54, 1.807) is 25.3 Å². The van der Waals surface area contributed by atoms with Gasteiger partial charge in [0.25, 0.3) is 0 Å². The lowest BCUT2D eigenvalue weighted by Gasteiger charge is -2.35. The number of hydrogen-bond donors (Lipinski definition) is 1. The molecular formula is C19H18F2N8O. The first-order valence-electron chi connectivity index (χ1n) is 9.21. The molecule has 0 aromatic carbocycles. The number of nitriles is 1. The summed E-state index contributed by atoms with van der Waals surface area (Å²) in [6.45, 7) is 4.72. The average Bonchev–Trinajstić information content (AvgIpc) is 2.98. The second-order valence-corrected chi connectivity index (χ2v) is 7.31. The van der Waals surface area contributed by atoms with Crippen LogP contribution in [0, 0.1) is 24.2 Å². The summed E-state index contributed by atoms with van der Waals surface area (Å²) in [5.74, 6) is -3.16. The predicted molar refractivity (Wildman–Crippen MR) is 104 cm³/mol. The van der Waals surface area contributed by atoms with Gasteiger partial charge in [-0.2, -0.15) is 14.0 Å². The fourth-order valence-corrected chi connectivity index (χ4v) is 3.24. The third-order valence-corrected chi connectivity index (χ3v) is 4.66. The van der Waals surface area contributed by atoms with Crippen LogP contribution in [0.4, 0.5) is 20.4 Å². The number of aryl methyl sites for hydroxylation is 1. The van der Waals surface area contributed by atoms with Crippen molar-refractivity contribution >= 4 is 28.4 Å². The number of amides is 1. The van der Waals surface area contributed by atoms with E-state index < -0.39 is 11.7 Å². The van der Waals surface area contributed by atoms with E-state index in [0.29, 0.717) is 41.3 Å². The second-order valence-electron chi connectivity index (χ2n) is 7.31. The van der Waals surface area contributed by atoms with E-state index in [4.69, 9.17) is 5.26 Å². The second kappa shape index (κ2) is 6.98. The van der Waals surface area contributed by atoms with E-state index >= 15 is 0 Å². The average molecular weight is 412 g/mol. The Hall–Kier alpha value is -3.68. The summed E-state index contributed by atoms with van der Waals surface area (Å²) in [4.78, 5) is 25.4. The van der Waals surface area contributed by atoms with Gasteiger partial charge in [-0.05, 0) is 6.92 Å². The van der Waals surface area contributed by atoms with E-state index in [1.807, 2.05) is 4.90 Å². The highest BCUT2D eigenvalue weighted by Crippen LogP contribution is 2.33. The Kier molecular flexibility index (Phi) is 4.57. The molecule has 0 bridgehead atoms. The van der Waals surface area contributed by atoms with Crippen molar-refractivity contribution in [3.05, 3.63) is 29.8 Å². The number of carbonyl (C=O) groups excluding carboxylic acids is 1. The van der Waals surface area contributed by atoms with Gasteiger partial charge in [0.05, 0.1) is 22.9 Å². The van der Waals surface area contributed by atoms with Gasteiger partial charge < -0.3 is 10.2 Å². The Bertz CT molecular complexity index is 1190. The van der Waals surface area contributed by atoms with Gasteiger partial charge >= 0.3 is 5.92 Å². The maximum Gasteiger partial charge on any atom is 0.303 e. The van der Waals surface area contributed by atoms with Gasteiger partial charge in [0.1, 0.15) is 5.82 Å². The molecule has 9 nitrogen and oxygen atoms in total. The number of aromatic nitrogens is 5. The Morgan fingerprint density at radius 3 is 2.70 bits per heavy atom. The van der Waals surface area contributed by atoms with Gasteiger partial charge in [-0.15, -0.1) is 5.10 Å². The van der Waals surface area contributed by atoms with Crippen LogP contribution in [-0.2, 0) is 10.7 Å². The Balaban J connectivity index is 1.89. The first-order valence-corrected chi connectivity index (χ1v) is 9.21. The van der Waals surface area contributed by atoms with Gasteiger partial charge in [0, 0.05) is 51.0 Å². The van der Waals surface area contributed by atoms with E-state index in [9.17, 15) is 13.6 Å². The van der Waals surface area contributed by atoms with E-state index in [-0.39, 0.29) is 17.6 Å². The van der Waals surface area contributed by atoms with Crippen LogP contribution in [0.2, 0.25) is 0 Å². The summed E-state index contributed by atoms with van der Waals surface area (Å²) in [6, 6.07) is 5.37. The van der Waals surface area contributed by atoms with Crippen LogP contribution in [0.25, 0.3) is 16.7 Å². The van der Waals surface area contributed by atoms with Crippen molar-refractivity contribution in [2.75, 3.05) is 23.3 Å². The van der Waals surface area contributed by atoms with Crippen LogP contribution in [0.1, 0.15) is 25.4 Å². The zero-order chi connectivity index (χ0) is 21.6. The summed E-state index contributed by atoms with van der Waals surface area (Å²) < 4.78 is 29.2. The minimum atomic E-state index is -3.22. The molecule has 0 aliphatic carbocycles. The molecule has 0 atom stereocenters. The van der Waals surface area contributed by atoms with Crippen molar-refractivity contribution in [1.82, 2.24) is 24.7 Å². The number of fused-ring (bicyclic) bond motifs is 1. The van der Waals surface area contributed by atoms with Crippen LogP contribution in [0.3, 0.4) is 0 Å². The van der Waals surface area contributed by atoms with Crippen LogP contribution in [-0.4, -0.2) is 43.7 Å². The third-order valence-electron chi connectivity index (χ3n) is 4.66. The highest BCUT2D eigenvalue weighted by Gasteiger charge is 2.32. The molecule has 154 valence electrons. The first-order chi connectivity index (χ1) is 14.2. The molecule has 0 saturated carbocycles. The van der Waals surface area contributed by atoms with E-state index in [0.717, 1.165) is 6.92 Å². The van der Waals surface area contributed by atoms with Crippen molar-refractivity contribution in [3.8, 4) is 11.9 Å². The number of nitrogens with zero attached hydrogens (tertiary/aromatic N) is 7. The molecule has 3 aromatic rings. The number of hydrogen-bond acceptors (Lipinski definition) is 7. The molecule has 1 saturated heterocycles. The molecule has 4 rings (SSSR count). The highest BCUT2D eigenvalue weighted by molar-refractivity contribution is 5.95. The monoisotopic (exact) mass is 412 g/mol. The molecule has 1 N–H and O–H groups in total. The maximum atomic E-state index is 13.9. The Labute approximate surface area is 170 Å². The van der Waals surface area contributed by atoms with Crippen molar-refractivity contribution in [2.24, 2.45) is 5.92 Å². The van der Waals surface area contributed by atoms with Crippen LogP contribution in [0.5, 0.6) is 0 Å². The predicted octanol–water partition coefficient (Wildman–Crippen LogP) is 2.55. The zero-order valence-electron chi connectivity index (χ0n) is 16.5. The molecule has 1 amide bonds. The molecule has 3 aromatic heterocycles. The van der Waals surface area contributed by atoms with Gasteiger partial charge in [0.15, 0.2) is 11.6 Å². The lowest BCUT2D eigenvalue weighted by molar-refractivity contribution is -0.114. The number of anilines is 2. The largest absolute Gasteiger partial charge is 0.352 e. The molecule has 0 unspecified atom stereocenters. The SMILES string of the molecule is CC(=O)Nc1cc2c(cn1)c(N1CC(C#N)C1)nn2-c1cc(C)nc(C(C)(F)F)n1. The normalized spacial score (nSPS) is 14.5. The Morgan fingerprint density at radius 2 is 2.07 bits per heavy atom. The summed E-state index contributed by atoms with van der Waals surface area (Å²) in [6.07, 6.45) is 1.56. The third kappa shape index (κ3) is 3.52. The smallest absolute Gasteiger partial charge is 0.303 e. The summed E-state index contributed by atoms with van der Waals surface area (Å²) in [5.41, 5.74) is 0.902. The quantitative estimate of drug-likeness (QED) is 0.701. The van der Waals surface area contributed by atoms with Crippen molar-refractivity contribution < 1.29 is 13.6 Å². The molecule has 30 heavy (non-hydrogen) atoms. The highest BCUT2D eigenvalue weighted by atomic mass is 19.3. The van der Waals surface area contributed by atoms with Crippen molar-refractivity contribution in [2.45, 2.75) is 26.7 Å². The number of carbonyl (C=O) groups is 1. The summed E-state index contributed by atoms with van der Waals surface area (Å²) in [5, 5.41) is 16.9. The molecule has 0 spiro atoms. The fourth-order valence-electron chi connectivity index (χ4n) is 3.24. The van der Waals surface area contributed by atoms with Gasteiger partial charge in [0.2, 0.25) is 11.7 Å². The number of rotatable bonds is 4. The molecule has 4 heterocycles. The van der Waals surface area contributed by atoms with Crippen LogP contribution in [0.15, 0.2) is 18.3 Å². The van der Waals surface area contributed by atoms with Crippen molar-refractivity contribution in [1.29, 1.82) is 5.26 Å². The molecule has 1 aliphatic rings. The first kappa shape index (κ1) is 19.6. The van der Waals surface area contributed by atoms with Gasteiger partial charge in [-0.3, -0.25) is 4.79 Å². The van der Waals surface area contributed by atoms with Gasteiger partial charge in [-0.25, -0.2) is 19.6 Å². The van der Waals surface area contributed by atoms with E-state index in [2.05, 4.69) is 31.4 Å². The molecule has 1 aliphatic heterocycles. The standard InChI is InChI=1S/C19H18F2N8O/c1-10-4-16(26-18(24-10)19(3,20)21)29-14-5-15(25-11(2)30)23-7-13(14)17(27-29)28-8-12(6-22)9-28/h4-5,7,12H,8-9H2,1-3H3,(H,23,25,30).